The zero-order valence-corrected chi connectivity index (χ0v) is 11.5. The standard InChI is InChI=1S/C16H21NO/c1-5-14(12(2)10-11-13(3)18)15-8-6-7-9-16(15)17-4/h6-9H,2,5,10-11H2,1,3-4H3/b15-14+,17-16?. The van der Waals surface area contributed by atoms with Gasteiger partial charge in [0.1, 0.15) is 5.78 Å². The molecule has 96 valence electrons. The summed E-state index contributed by atoms with van der Waals surface area (Å²) in [4.78, 5) is 15.3. The number of allylic oxidation sites excluding steroid dienone is 7. The van der Waals surface area contributed by atoms with Crippen molar-refractivity contribution >= 4 is 11.5 Å². The van der Waals surface area contributed by atoms with Crippen molar-refractivity contribution in [2.45, 2.75) is 33.1 Å². The van der Waals surface area contributed by atoms with Gasteiger partial charge in [-0.25, -0.2) is 0 Å². The molecule has 0 aromatic rings. The number of carbonyl (C=O) groups excluding carboxylic acids is 1. The Morgan fingerprint density at radius 2 is 1.94 bits per heavy atom. The molecule has 0 amide bonds. The first kappa shape index (κ1) is 14.4. The van der Waals surface area contributed by atoms with Crippen LogP contribution < -0.4 is 0 Å². The number of carbonyl (C=O) groups is 1. The molecule has 0 aromatic carbocycles. The normalized spacial score (nSPS) is 19.2. The maximum absolute atomic E-state index is 11.0. The average molecular weight is 243 g/mol. The van der Waals surface area contributed by atoms with Gasteiger partial charge in [-0.3, -0.25) is 4.99 Å². The zero-order valence-electron chi connectivity index (χ0n) is 11.5. The van der Waals surface area contributed by atoms with Crippen LogP contribution in [0, 0.1) is 0 Å². The number of rotatable bonds is 5. The molecule has 1 aliphatic carbocycles. The van der Waals surface area contributed by atoms with Gasteiger partial charge in [0.05, 0.1) is 5.71 Å². The molecule has 0 unspecified atom stereocenters. The van der Waals surface area contributed by atoms with Crippen molar-refractivity contribution in [1.29, 1.82) is 0 Å². The summed E-state index contributed by atoms with van der Waals surface area (Å²) in [6.45, 7) is 7.85. The Morgan fingerprint density at radius 3 is 2.50 bits per heavy atom. The van der Waals surface area contributed by atoms with E-state index in [1.165, 1.54) is 5.57 Å². The monoisotopic (exact) mass is 243 g/mol. The molecule has 1 rings (SSSR count). The van der Waals surface area contributed by atoms with Crippen LogP contribution in [0.1, 0.15) is 33.1 Å². The molecule has 0 bridgehead atoms. The molecule has 2 heteroatoms. The quantitative estimate of drug-likeness (QED) is 0.722. The van der Waals surface area contributed by atoms with Gasteiger partial charge in [0.15, 0.2) is 0 Å². The minimum absolute atomic E-state index is 0.208. The smallest absolute Gasteiger partial charge is 0.130 e. The predicted molar refractivity (Wildman–Crippen MR) is 78.0 cm³/mol. The lowest BCUT2D eigenvalue weighted by molar-refractivity contribution is -0.116. The molecule has 0 fully saturated rings. The number of ketones is 1. The highest BCUT2D eigenvalue weighted by atomic mass is 16.1. The van der Waals surface area contributed by atoms with Crippen molar-refractivity contribution in [2.75, 3.05) is 7.05 Å². The number of hydrogen-bond donors (Lipinski definition) is 0. The fraction of sp³-hybridized carbons (Fsp3) is 0.375. The fourth-order valence-electron chi connectivity index (χ4n) is 2.03. The van der Waals surface area contributed by atoms with Crippen LogP contribution in [0.15, 0.2) is 52.6 Å². The van der Waals surface area contributed by atoms with Gasteiger partial charge < -0.3 is 4.79 Å². The highest BCUT2D eigenvalue weighted by molar-refractivity contribution is 6.12. The summed E-state index contributed by atoms with van der Waals surface area (Å²) >= 11 is 0. The van der Waals surface area contributed by atoms with E-state index in [9.17, 15) is 4.79 Å². The van der Waals surface area contributed by atoms with E-state index in [0.29, 0.717) is 6.42 Å². The largest absolute Gasteiger partial charge is 0.300 e. The van der Waals surface area contributed by atoms with Gasteiger partial charge in [0.2, 0.25) is 0 Å². The minimum atomic E-state index is 0.208. The molecule has 2 nitrogen and oxygen atoms in total. The van der Waals surface area contributed by atoms with Crippen LogP contribution in [0.25, 0.3) is 0 Å². The molecule has 0 atom stereocenters. The molecule has 0 spiro atoms. The summed E-state index contributed by atoms with van der Waals surface area (Å²) in [5.74, 6) is 0.208. The van der Waals surface area contributed by atoms with E-state index in [1.807, 2.05) is 18.2 Å². The van der Waals surface area contributed by atoms with Crippen LogP contribution in [0.3, 0.4) is 0 Å². The van der Waals surface area contributed by atoms with Crippen molar-refractivity contribution < 1.29 is 4.79 Å². The Bertz CT molecular complexity index is 461. The number of hydrogen-bond acceptors (Lipinski definition) is 2. The van der Waals surface area contributed by atoms with E-state index < -0.39 is 0 Å². The summed E-state index contributed by atoms with van der Waals surface area (Å²) in [5, 5.41) is 0. The molecule has 1 aliphatic rings. The lowest BCUT2D eigenvalue weighted by Gasteiger charge is -2.15. The summed E-state index contributed by atoms with van der Waals surface area (Å²) in [7, 11) is 1.80. The predicted octanol–water partition coefficient (Wildman–Crippen LogP) is 3.82. The molecule has 18 heavy (non-hydrogen) atoms. The van der Waals surface area contributed by atoms with Crippen LogP contribution in [0.2, 0.25) is 0 Å². The summed E-state index contributed by atoms with van der Waals surface area (Å²) in [5.41, 5.74) is 4.37. The van der Waals surface area contributed by atoms with Crippen molar-refractivity contribution in [3.8, 4) is 0 Å². The third kappa shape index (κ3) is 3.66. The fourth-order valence-corrected chi connectivity index (χ4v) is 2.03. The SMILES string of the molecule is C=C(CCC(C)=O)/C(CC)=C1\C=CC=CC1=NC. The van der Waals surface area contributed by atoms with Gasteiger partial charge in [-0.15, -0.1) is 0 Å². The Hall–Kier alpha value is -1.70. The van der Waals surface area contributed by atoms with Gasteiger partial charge >= 0.3 is 0 Å². The number of Topliss-reactive ketones (excluding diaryl/α,β-unsaturated/α-hetero) is 1. The van der Waals surface area contributed by atoms with Crippen LogP contribution >= 0.6 is 0 Å². The van der Waals surface area contributed by atoms with E-state index in [1.54, 1.807) is 14.0 Å². The van der Waals surface area contributed by atoms with Crippen LogP contribution in [0.5, 0.6) is 0 Å². The topological polar surface area (TPSA) is 29.4 Å². The van der Waals surface area contributed by atoms with Gasteiger partial charge in [0.25, 0.3) is 0 Å². The van der Waals surface area contributed by atoms with E-state index in [4.69, 9.17) is 0 Å². The van der Waals surface area contributed by atoms with E-state index in [2.05, 4.69) is 24.6 Å². The second kappa shape index (κ2) is 6.90. The first-order valence-corrected chi connectivity index (χ1v) is 6.32. The summed E-state index contributed by atoms with van der Waals surface area (Å²) in [6, 6.07) is 0. The maximum atomic E-state index is 11.0. The highest BCUT2D eigenvalue weighted by Gasteiger charge is 2.12. The first-order chi connectivity index (χ1) is 8.60. The van der Waals surface area contributed by atoms with E-state index >= 15 is 0 Å². The number of nitrogens with zero attached hydrogens (tertiary/aromatic N) is 1. The molecule has 0 heterocycles. The van der Waals surface area contributed by atoms with Gasteiger partial charge in [0, 0.05) is 19.0 Å². The summed E-state index contributed by atoms with van der Waals surface area (Å²) in [6.07, 6.45) is 10.3. The van der Waals surface area contributed by atoms with E-state index in [-0.39, 0.29) is 5.78 Å². The third-order valence-electron chi connectivity index (χ3n) is 3.03. The van der Waals surface area contributed by atoms with Crippen molar-refractivity contribution in [3.05, 3.63) is 47.6 Å². The third-order valence-corrected chi connectivity index (χ3v) is 3.03. The molecular formula is C16H21NO. The van der Waals surface area contributed by atoms with Crippen LogP contribution in [-0.2, 0) is 4.79 Å². The molecule has 0 saturated carbocycles. The van der Waals surface area contributed by atoms with Gasteiger partial charge in [-0.1, -0.05) is 37.3 Å². The minimum Gasteiger partial charge on any atom is -0.300 e. The molecule has 0 aliphatic heterocycles. The summed E-state index contributed by atoms with van der Waals surface area (Å²) < 4.78 is 0. The van der Waals surface area contributed by atoms with Crippen molar-refractivity contribution in [1.82, 2.24) is 0 Å². The highest BCUT2D eigenvalue weighted by Crippen LogP contribution is 2.25. The Morgan fingerprint density at radius 1 is 1.28 bits per heavy atom. The zero-order chi connectivity index (χ0) is 13.5. The van der Waals surface area contributed by atoms with Crippen LogP contribution in [-0.4, -0.2) is 18.5 Å². The Balaban J connectivity index is 3.00. The molecular weight excluding hydrogens is 222 g/mol. The average Bonchev–Trinajstić information content (AvgIpc) is 2.37. The second-order valence-corrected chi connectivity index (χ2v) is 4.38. The molecule has 0 N–H and O–H groups in total. The van der Waals surface area contributed by atoms with Gasteiger partial charge in [-0.2, -0.15) is 0 Å². The van der Waals surface area contributed by atoms with E-state index in [0.717, 1.165) is 29.7 Å². The second-order valence-electron chi connectivity index (χ2n) is 4.38. The molecule has 0 radical (unpaired) electrons. The van der Waals surface area contributed by atoms with Gasteiger partial charge in [-0.05, 0) is 31.4 Å². The molecule has 0 saturated heterocycles. The Kier molecular flexibility index (Phi) is 5.50. The lowest BCUT2D eigenvalue weighted by Crippen LogP contribution is -2.06. The van der Waals surface area contributed by atoms with Crippen LogP contribution in [0.4, 0.5) is 0 Å². The number of aliphatic imine (C=N–C) groups is 1. The Labute approximate surface area is 110 Å². The van der Waals surface area contributed by atoms with Crippen molar-refractivity contribution in [2.24, 2.45) is 4.99 Å². The maximum Gasteiger partial charge on any atom is 0.130 e. The van der Waals surface area contributed by atoms with Crippen molar-refractivity contribution in [3.63, 3.8) is 0 Å². The first-order valence-electron chi connectivity index (χ1n) is 6.32. The molecule has 0 aromatic heterocycles. The lowest BCUT2D eigenvalue weighted by atomic mass is 9.90.